The van der Waals surface area contributed by atoms with E-state index in [0.717, 1.165) is 11.1 Å². The summed E-state index contributed by atoms with van der Waals surface area (Å²) >= 11 is 0. The standard InChI is InChI=1S/C20H21N5O3S/c21-12-15-3-1-5-18(11-15)25-29(27,28)19-8-6-17(7-9-19)24-20(26)23-14-16-4-2-10-22-13-16/h1-11,13,25H,12,14,21H2,(H2,23,24,26). The van der Waals surface area contributed by atoms with Gasteiger partial charge in [-0.05, 0) is 53.6 Å². The van der Waals surface area contributed by atoms with Crippen LogP contribution < -0.4 is 21.1 Å². The lowest BCUT2D eigenvalue weighted by Gasteiger charge is -2.11. The minimum atomic E-state index is -3.76. The maximum absolute atomic E-state index is 12.5. The van der Waals surface area contributed by atoms with Gasteiger partial charge in [0.15, 0.2) is 0 Å². The fourth-order valence-corrected chi connectivity index (χ4v) is 3.60. The van der Waals surface area contributed by atoms with E-state index in [1.165, 1.54) is 24.3 Å². The zero-order valence-corrected chi connectivity index (χ0v) is 16.3. The first-order valence-corrected chi connectivity index (χ1v) is 10.3. The van der Waals surface area contributed by atoms with Crippen molar-refractivity contribution in [2.24, 2.45) is 5.73 Å². The Morgan fingerprint density at radius 3 is 2.41 bits per heavy atom. The lowest BCUT2D eigenvalue weighted by atomic mass is 10.2. The average molecular weight is 411 g/mol. The quantitative estimate of drug-likeness (QED) is 0.475. The molecule has 0 atom stereocenters. The van der Waals surface area contributed by atoms with Gasteiger partial charge in [-0.15, -0.1) is 0 Å². The number of aromatic nitrogens is 1. The molecular weight excluding hydrogens is 390 g/mol. The van der Waals surface area contributed by atoms with Crippen molar-refractivity contribution in [1.82, 2.24) is 10.3 Å². The van der Waals surface area contributed by atoms with Crippen LogP contribution in [-0.4, -0.2) is 19.4 Å². The maximum atomic E-state index is 12.5. The van der Waals surface area contributed by atoms with Crippen LogP contribution >= 0.6 is 0 Å². The molecule has 0 aliphatic carbocycles. The van der Waals surface area contributed by atoms with Gasteiger partial charge in [0.05, 0.1) is 4.90 Å². The molecule has 5 N–H and O–H groups in total. The van der Waals surface area contributed by atoms with E-state index in [1.54, 1.807) is 36.7 Å². The predicted octanol–water partition coefficient (Wildman–Crippen LogP) is 2.66. The maximum Gasteiger partial charge on any atom is 0.319 e. The van der Waals surface area contributed by atoms with Crippen molar-refractivity contribution < 1.29 is 13.2 Å². The van der Waals surface area contributed by atoms with Crippen LogP contribution in [0.3, 0.4) is 0 Å². The molecule has 1 aromatic heterocycles. The van der Waals surface area contributed by atoms with Crippen molar-refractivity contribution in [3.8, 4) is 0 Å². The van der Waals surface area contributed by atoms with Crippen LogP contribution in [-0.2, 0) is 23.1 Å². The molecule has 0 radical (unpaired) electrons. The minimum absolute atomic E-state index is 0.0805. The molecule has 0 saturated carbocycles. The number of sulfonamides is 1. The number of hydrogen-bond acceptors (Lipinski definition) is 5. The van der Waals surface area contributed by atoms with Gasteiger partial charge in [0.2, 0.25) is 0 Å². The molecule has 0 unspecified atom stereocenters. The molecule has 9 heteroatoms. The topological polar surface area (TPSA) is 126 Å². The highest BCUT2D eigenvalue weighted by molar-refractivity contribution is 7.92. The SMILES string of the molecule is NCc1cccc(NS(=O)(=O)c2ccc(NC(=O)NCc3cccnc3)cc2)c1. The Labute approximate surface area is 169 Å². The van der Waals surface area contributed by atoms with Crippen LogP contribution in [0.2, 0.25) is 0 Å². The first-order chi connectivity index (χ1) is 14.0. The third kappa shape index (κ3) is 5.77. The van der Waals surface area contributed by atoms with Crippen molar-refractivity contribution in [3.05, 3.63) is 84.2 Å². The summed E-state index contributed by atoms with van der Waals surface area (Å²) in [6, 6.07) is 16.0. The minimum Gasteiger partial charge on any atom is -0.334 e. The average Bonchev–Trinajstić information content (AvgIpc) is 2.73. The van der Waals surface area contributed by atoms with Gasteiger partial charge < -0.3 is 16.4 Å². The summed E-state index contributed by atoms with van der Waals surface area (Å²) in [6.45, 7) is 0.650. The highest BCUT2D eigenvalue weighted by atomic mass is 32.2. The Kier molecular flexibility index (Phi) is 6.43. The monoisotopic (exact) mass is 411 g/mol. The zero-order valence-electron chi connectivity index (χ0n) is 15.5. The number of carbonyl (C=O) groups excluding carboxylic acids is 1. The van der Waals surface area contributed by atoms with Crippen LogP contribution in [0, 0.1) is 0 Å². The van der Waals surface area contributed by atoms with Gasteiger partial charge >= 0.3 is 6.03 Å². The number of amides is 2. The van der Waals surface area contributed by atoms with Gasteiger partial charge in [-0.3, -0.25) is 9.71 Å². The second kappa shape index (κ2) is 9.18. The lowest BCUT2D eigenvalue weighted by Crippen LogP contribution is -2.28. The summed E-state index contributed by atoms with van der Waals surface area (Å²) in [5, 5.41) is 5.36. The summed E-state index contributed by atoms with van der Waals surface area (Å²) in [4.78, 5) is 16.0. The van der Waals surface area contributed by atoms with E-state index in [2.05, 4.69) is 20.3 Å². The second-order valence-electron chi connectivity index (χ2n) is 6.20. The molecule has 150 valence electrons. The number of rotatable bonds is 7. The summed E-state index contributed by atoms with van der Waals surface area (Å²) in [5.74, 6) is 0. The Balaban J connectivity index is 1.60. The van der Waals surface area contributed by atoms with Crippen LogP contribution in [0.25, 0.3) is 0 Å². The molecule has 29 heavy (non-hydrogen) atoms. The number of hydrogen-bond donors (Lipinski definition) is 4. The van der Waals surface area contributed by atoms with E-state index < -0.39 is 16.1 Å². The summed E-state index contributed by atoms with van der Waals surface area (Å²) in [7, 11) is -3.76. The van der Waals surface area contributed by atoms with E-state index in [0.29, 0.717) is 24.5 Å². The number of nitrogens with two attached hydrogens (primary N) is 1. The molecule has 0 bridgehead atoms. The van der Waals surface area contributed by atoms with Crippen LogP contribution in [0.5, 0.6) is 0 Å². The summed E-state index contributed by atoms with van der Waals surface area (Å²) in [5.41, 5.74) is 8.18. The number of urea groups is 1. The molecule has 0 aliphatic heterocycles. The number of nitrogens with zero attached hydrogens (tertiary/aromatic N) is 1. The van der Waals surface area contributed by atoms with E-state index in [4.69, 9.17) is 5.73 Å². The van der Waals surface area contributed by atoms with Gasteiger partial charge in [0.25, 0.3) is 10.0 Å². The highest BCUT2D eigenvalue weighted by Crippen LogP contribution is 2.19. The van der Waals surface area contributed by atoms with Crippen molar-refractivity contribution >= 4 is 27.4 Å². The second-order valence-corrected chi connectivity index (χ2v) is 7.89. The third-order valence-electron chi connectivity index (χ3n) is 4.01. The van der Waals surface area contributed by atoms with Crippen molar-refractivity contribution in [1.29, 1.82) is 0 Å². The van der Waals surface area contributed by atoms with Crippen LogP contribution in [0.15, 0.2) is 78.0 Å². The predicted molar refractivity (Wildman–Crippen MR) is 112 cm³/mol. The Morgan fingerprint density at radius 2 is 1.72 bits per heavy atom. The molecule has 1 heterocycles. The lowest BCUT2D eigenvalue weighted by molar-refractivity contribution is 0.251. The normalized spacial score (nSPS) is 10.9. The van der Waals surface area contributed by atoms with Gasteiger partial charge in [-0.25, -0.2) is 13.2 Å². The largest absolute Gasteiger partial charge is 0.334 e. The van der Waals surface area contributed by atoms with Crippen LogP contribution in [0.4, 0.5) is 16.2 Å². The van der Waals surface area contributed by atoms with Crippen molar-refractivity contribution in [3.63, 3.8) is 0 Å². The molecule has 0 saturated heterocycles. The first-order valence-electron chi connectivity index (χ1n) is 8.82. The van der Waals surface area contributed by atoms with Gasteiger partial charge in [0, 0.05) is 36.9 Å². The van der Waals surface area contributed by atoms with E-state index in [1.807, 2.05) is 12.1 Å². The molecule has 0 spiro atoms. The fourth-order valence-electron chi connectivity index (χ4n) is 2.55. The molecule has 8 nitrogen and oxygen atoms in total. The highest BCUT2D eigenvalue weighted by Gasteiger charge is 2.14. The molecule has 0 aliphatic rings. The Bertz CT molecular complexity index is 1070. The van der Waals surface area contributed by atoms with E-state index in [-0.39, 0.29) is 4.90 Å². The van der Waals surface area contributed by atoms with Crippen molar-refractivity contribution in [2.45, 2.75) is 18.0 Å². The molecule has 3 rings (SSSR count). The third-order valence-corrected chi connectivity index (χ3v) is 5.41. The smallest absolute Gasteiger partial charge is 0.319 e. The van der Waals surface area contributed by atoms with Gasteiger partial charge in [-0.2, -0.15) is 0 Å². The Hall–Kier alpha value is -3.43. The van der Waals surface area contributed by atoms with Gasteiger partial charge in [0.1, 0.15) is 0 Å². The summed E-state index contributed by atoms with van der Waals surface area (Å²) in [6.07, 6.45) is 3.32. The molecule has 0 fully saturated rings. The molecule has 2 amide bonds. The first kappa shape index (κ1) is 20.3. The van der Waals surface area contributed by atoms with Crippen molar-refractivity contribution in [2.75, 3.05) is 10.0 Å². The molecule has 2 aromatic carbocycles. The molecule has 3 aromatic rings. The fraction of sp³-hybridized carbons (Fsp3) is 0.100. The van der Waals surface area contributed by atoms with E-state index in [9.17, 15) is 13.2 Å². The number of pyridine rings is 1. The molecular formula is C20H21N5O3S. The Morgan fingerprint density at radius 1 is 0.966 bits per heavy atom. The summed E-state index contributed by atoms with van der Waals surface area (Å²) < 4.78 is 27.6. The zero-order chi connectivity index (χ0) is 20.7. The number of nitrogens with one attached hydrogen (secondary N) is 3. The number of anilines is 2. The van der Waals surface area contributed by atoms with E-state index >= 15 is 0 Å². The van der Waals surface area contributed by atoms with Gasteiger partial charge in [-0.1, -0.05) is 18.2 Å². The van der Waals surface area contributed by atoms with Crippen LogP contribution in [0.1, 0.15) is 11.1 Å². The number of carbonyl (C=O) groups is 1. The number of benzene rings is 2.